The average molecular weight is 356 g/mol. The first-order valence-corrected chi connectivity index (χ1v) is 8.19. The van der Waals surface area contributed by atoms with Crippen LogP contribution < -0.4 is 10.6 Å². The predicted octanol–water partition coefficient (Wildman–Crippen LogP) is 3.29. The first-order chi connectivity index (χ1) is 12.4. The Balaban J connectivity index is 0.000000439. The van der Waals surface area contributed by atoms with E-state index in [1.165, 1.54) is 13.8 Å². The van der Waals surface area contributed by atoms with Crippen LogP contribution in [0.4, 0.5) is 0 Å². The first-order valence-electron chi connectivity index (χ1n) is 8.19. The summed E-state index contributed by atoms with van der Waals surface area (Å²) in [5, 5.41) is 12.4. The van der Waals surface area contributed by atoms with Gasteiger partial charge in [0.25, 0.3) is 0 Å². The molecular formula is C21H28N2O3. The van der Waals surface area contributed by atoms with Crippen LogP contribution in [0.5, 0.6) is 0 Å². The van der Waals surface area contributed by atoms with Crippen molar-refractivity contribution in [2.45, 2.75) is 26.8 Å². The van der Waals surface area contributed by atoms with Gasteiger partial charge in [0.2, 0.25) is 11.8 Å². The maximum absolute atomic E-state index is 10.7. The average Bonchev–Trinajstić information content (AvgIpc) is 2.64. The second-order valence-electron chi connectivity index (χ2n) is 5.36. The van der Waals surface area contributed by atoms with Crippen molar-refractivity contribution >= 4 is 17.5 Å². The summed E-state index contributed by atoms with van der Waals surface area (Å²) in [6, 6.07) is 19.5. The standard InChI is InChI=1S/C10H13NO.C10H11NO.CH4O/c2*1-8(11-9(2)12)10-6-4-3-5-7-10;1-2/h3-8H,1-2H3,(H,11,12);3-7H,1H2,2H3,(H,11,12);2H,1H3. The number of benzene rings is 2. The highest BCUT2D eigenvalue weighted by Gasteiger charge is 2.04. The molecule has 140 valence electrons. The second kappa shape index (κ2) is 13.4. The van der Waals surface area contributed by atoms with Gasteiger partial charge in [0.1, 0.15) is 0 Å². The summed E-state index contributed by atoms with van der Waals surface area (Å²) in [4.78, 5) is 21.4. The largest absolute Gasteiger partial charge is 0.400 e. The summed E-state index contributed by atoms with van der Waals surface area (Å²) in [5.41, 5.74) is 2.71. The molecule has 3 N–H and O–H groups in total. The van der Waals surface area contributed by atoms with Gasteiger partial charge in [-0.25, -0.2) is 0 Å². The van der Waals surface area contributed by atoms with Gasteiger partial charge < -0.3 is 15.7 Å². The van der Waals surface area contributed by atoms with E-state index in [0.29, 0.717) is 5.70 Å². The monoisotopic (exact) mass is 356 g/mol. The smallest absolute Gasteiger partial charge is 0.221 e. The van der Waals surface area contributed by atoms with E-state index in [2.05, 4.69) is 17.2 Å². The lowest BCUT2D eigenvalue weighted by molar-refractivity contribution is -0.119. The zero-order valence-corrected chi connectivity index (χ0v) is 15.8. The van der Waals surface area contributed by atoms with E-state index >= 15 is 0 Å². The molecule has 2 amide bonds. The van der Waals surface area contributed by atoms with E-state index in [4.69, 9.17) is 5.11 Å². The van der Waals surface area contributed by atoms with Gasteiger partial charge in [0.05, 0.1) is 6.04 Å². The summed E-state index contributed by atoms with van der Waals surface area (Å²) in [6.45, 7) is 8.70. The summed E-state index contributed by atoms with van der Waals surface area (Å²) in [6.07, 6.45) is 0. The van der Waals surface area contributed by atoms with E-state index in [9.17, 15) is 9.59 Å². The van der Waals surface area contributed by atoms with E-state index in [-0.39, 0.29) is 17.9 Å². The van der Waals surface area contributed by atoms with E-state index < -0.39 is 0 Å². The van der Waals surface area contributed by atoms with Gasteiger partial charge in [-0.1, -0.05) is 67.2 Å². The number of carbonyl (C=O) groups excluding carboxylic acids is 2. The lowest BCUT2D eigenvalue weighted by atomic mass is 10.1. The fraction of sp³-hybridized carbons (Fsp3) is 0.238. The minimum atomic E-state index is -0.0937. The molecule has 0 saturated carbocycles. The van der Waals surface area contributed by atoms with Crippen LogP contribution in [0, 0.1) is 0 Å². The molecule has 1 unspecified atom stereocenters. The molecule has 5 heteroatoms. The molecule has 0 bridgehead atoms. The maximum Gasteiger partial charge on any atom is 0.221 e. The molecule has 5 nitrogen and oxygen atoms in total. The molecule has 0 aliphatic heterocycles. The number of nitrogens with one attached hydrogen (secondary N) is 2. The van der Waals surface area contributed by atoms with E-state index in [0.717, 1.165) is 18.2 Å². The fourth-order valence-electron chi connectivity index (χ4n) is 2.05. The van der Waals surface area contributed by atoms with Crippen LogP contribution in [0.25, 0.3) is 5.70 Å². The Morgan fingerprint density at radius 2 is 1.35 bits per heavy atom. The Morgan fingerprint density at radius 1 is 0.885 bits per heavy atom. The Kier molecular flexibility index (Phi) is 11.9. The molecule has 0 fully saturated rings. The lowest BCUT2D eigenvalue weighted by Gasteiger charge is -2.11. The Labute approximate surface area is 155 Å². The van der Waals surface area contributed by atoms with Crippen molar-refractivity contribution in [1.29, 1.82) is 0 Å². The summed E-state index contributed by atoms with van der Waals surface area (Å²) >= 11 is 0. The van der Waals surface area contributed by atoms with Crippen LogP contribution >= 0.6 is 0 Å². The zero-order chi connectivity index (χ0) is 19.9. The molecule has 2 aromatic rings. The Hall–Kier alpha value is -2.92. The number of aliphatic hydroxyl groups excluding tert-OH is 1. The van der Waals surface area contributed by atoms with E-state index in [1.807, 2.05) is 67.6 Å². The lowest BCUT2D eigenvalue weighted by Crippen LogP contribution is -2.23. The van der Waals surface area contributed by atoms with Crippen LogP contribution in [0.3, 0.4) is 0 Å². The van der Waals surface area contributed by atoms with Gasteiger partial charge in [0.15, 0.2) is 0 Å². The highest BCUT2D eigenvalue weighted by Crippen LogP contribution is 2.10. The van der Waals surface area contributed by atoms with Crippen molar-refractivity contribution in [3.63, 3.8) is 0 Å². The van der Waals surface area contributed by atoms with Gasteiger partial charge in [-0.2, -0.15) is 0 Å². The van der Waals surface area contributed by atoms with Crippen molar-refractivity contribution in [3.05, 3.63) is 78.4 Å². The number of aliphatic hydroxyl groups is 1. The molecule has 0 aliphatic rings. The van der Waals surface area contributed by atoms with Crippen LogP contribution in [0.2, 0.25) is 0 Å². The summed E-state index contributed by atoms with van der Waals surface area (Å²) in [7, 11) is 1.00. The topological polar surface area (TPSA) is 78.4 Å². The minimum absolute atomic E-state index is 0.00588. The first kappa shape index (κ1) is 23.1. The molecule has 0 heterocycles. The Bertz CT molecular complexity index is 670. The predicted molar refractivity (Wildman–Crippen MR) is 106 cm³/mol. The van der Waals surface area contributed by atoms with Crippen molar-refractivity contribution < 1.29 is 14.7 Å². The maximum atomic E-state index is 10.7. The number of hydrogen-bond acceptors (Lipinski definition) is 3. The molecule has 0 radical (unpaired) electrons. The minimum Gasteiger partial charge on any atom is -0.400 e. The van der Waals surface area contributed by atoms with Gasteiger partial charge >= 0.3 is 0 Å². The van der Waals surface area contributed by atoms with Crippen LogP contribution in [0.15, 0.2) is 67.2 Å². The van der Waals surface area contributed by atoms with Gasteiger partial charge in [-0.05, 0) is 18.1 Å². The third kappa shape index (κ3) is 10.1. The number of hydrogen-bond donors (Lipinski definition) is 3. The molecule has 1 atom stereocenters. The van der Waals surface area contributed by atoms with Crippen molar-refractivity contribution in [2.24, 2.45) is 0 Å². The molecular weight excluding hydrogens is 328 g/mol. The normalized spacial score (nSPS) is 10.0. The van der Waals surface area contributed by atoms with Crippen LogP contribution in [0.1, 0.15) is 37.9 Å². The second-order valence-corrected chi connectivity index (χ2v) is 5.36. The van der Waals surface area contributed by atoms with Crippen LogP contribution in [-0.2, 0) is 9.59 Å². The third-order valence-electron chi connectivity index (χ3n) is 3.17. The quantitative estimate of drug-likeness (QED) is 0.787. The molecule has 0 aromatic heterocycles. The summed E-state index contributed by atoms with van der Waals surface area (Å²) in [5.74, 6) is -0.0878. The SMILES string of the molecule is C=C(NC(C)=O)c1ccccc1.CC(=O)NC(C)c1ccccc1.CO. The molecule has 2 aromatic carbocycles. The highest BCUT2D eigenvalue weighted by molar-refractivity contribution is 5.84. The summed E-state index contributed by atoms with van der Waals surface area (Å²) < 4.78 is 0. The number of amides is 2. The number of rotatable bonds is 4. The molecule has 0 aliphatic carbocycles. The van der Waals surface area contributed by atoms with Crippen molar-refractivity contribution in [3.8, 4) is 0 Å². The van der Waals surface area contributed by atoms with Gasteiger partial charge in [-0.15, -0.1) is 0 Å². The fourth-order valence-corrected chi connectivity index (χ4v) is 2.05. The third-order valence-corrected chi connectivity index (χ3v) is 3.17. The van der Waals surface area contributed by atoms with Gasteiger partial charge in [-0.3, -0.25) is 9.59 Å². The van der Waals surface area contributed by atoms with Crippen molar-refractivity contribution in [2.75, 3.05) is 7.11 Å². The van der Waals surface area contributed by atoms with Crippen molar-refractivity contribution in [1.82, 2.24) is 10.6 Å². The Morgan fingerprint density at radius 3 is 1.77 bits per heavy atom. The van der Waals surface area contributed by atoms with E-state index in [1.54, 1.807) is 0 Å². The van der Waals surface area contributed by atoms with Gasteiger partial charge in [0, 0.05) is 26.7 Å². The molecule has 26 heavy (non-hydrogen) atoms. The number of carbonyl (C=O) groups is 2. The molecule has 2 rings (SSSR count). The molecule has 0 spiro atoms. The van der Waals surface area contributed by atoms with Crippen LogP contribution in [-0.4, -0.2) is 24.0 Å². The molecule has 0 saturated heterocycles. The zero-order valence-electron chi connectivity index (χ0n) is 15.8. The highest BCUT2D eigenvalue weighted by atomic mass is 16.2.